The lowest BCUT2D eigenvalue weighted by atomic mass is 9.91. The fourth-order valence-electron chi connectivity index (χ4n) is 2.62. The molecule has 0 unspecified atom stereocenters. The van der Waals surface area contributed by atoms with Crippen LogP contribution in [0.5, 0.6) is 0 Å². The van der Waals surface area contributed by atoms with E-state index in [4.69, 9.17) is 9.47 Å². The highest BCUT2D eigenvalue weighted by molar-refractivity contribution is 4.83. The second kappa shape index (κ2) is 5.48. The van der Waals surface area contributed by atoms with Crippen molar-refractivity contribution in [2.24, 2.45) is 0 Å². The van der Waals surface area contributed by atoms with E-state index in [2.05, 4.69) is 18.7 Å². The molecular formula is C13H25NO2. The van der Waals surface area contributed by atoms with E-state index in [0.717, 1.165) is 12.8 Å². The van der Waals surface area contributed by atoms with E-state index in [9.17, 15) is 0 Å². The van der Waals surface area contributed by atoms with Gasteiger partial charge in [-0.05, 0) is 39.5 Å². The van der Waals surface area contributed by atoms with Crippen LogP contribution in [0.15, 0.2) is 0 Å². The number of hydrogen-bond donors (Lipinski definition) is 0. The van der Waals surface area contributed by atoms with E-state index in [1.165, 1.54) is 25.9 Å². The van der Waals surface area contributed by atoms with Gasteiger partial charge >= 0.3 is 0 Å². The van der Waals surface area contributed by atoms with Crippen molar-refractivity contribution in [2.75, 3.05) is 20.2 Å². The lowest BCUT2D eigenvalue weighted by Crippen LogP contribution is -2.44. The van der Waals surface area contributed by atoms with Gasteiger partial charge in [0.05, 0.1) is 18.3 Å². The van der Waals surface area contributed by atoms with Crippen LogP contribution in [0.1, 0.15) is 39.5 Å². The summed E-state index contributed by atoms with van der Waals surface area (Å²) in [5.74, 6) is 0. The van der Waals surface area contributed by atoms with Gasteiger partial charge in [0.15, 0.2) is 0 Å². The second-order valence-electron chi connectivity index (χ2n) is 5.42. The van der Waals surface area contributed by atoms with Crippen LogP contribution in [0.25, 0.3) is 0 Å². The second-order valence-corrected chi connectivity index (χ2v) is 5.42. The van der Waals surface area contributed by atoms with Crippen molar-refractivity contribution in [3.05, 3.63) is 0 Å². The summed E-state index contributed by atoms with van der Waals surface area (Å²) in [5.41, 5.74) is 0. The molecule has 0 radical (unpaired) electrons. The summed E-state index contributed by atoms with van der Waals surface area (Å²) < 4.78 is 11.3. The Balaban J connectivity index is 1.63. The molecule has 1 heterocycles. The van der Waals surface area contributed by atoms with Crippen molar-refractivity contribution in [2.45, 2.75) is 63.9 Å². The zero-order chi connectivity index (χ0) is 11.5. The number of hydrogen-bond acceptors (Lipinski definition) is 3. The zero-order valence-electron chi connectivity index (χ0n) is 10.8. The summed E-state index contributed by atoms with van der Waals surface area (Å²) >= 11 is 0. The molecule has 2 rings (SSSR count). The number of nitrogens with zero attached hydrogens (tertiary/aromatic N) is 1. The molecule has 0 amide bonds. The number of methoxy groups -OCH3 is 1. The van der Waals surface area contributed by atoms with Gasteiger partial charge in [-0.3, -0.25) is 0 Å². The van der Waals surface area contributed by atoms with Crippen LogP contribution in [0.4, 0.5) is 0 Å². The van der Waals surface area contributed by atoms with Gasteiger partial charge in [0.25, 0.3) is 0 Å². The molecule has 0 bridgehead atoms. The molecule has 3 nitrogen and oxygen atoms in total. The fraction of sp³-hybridized carbons (Fsp3) is 1.00. The average Bonchev–Trinajstić information content (AvgIpc) is 2.23. The Morgan fingerprint density at radius 2 is 1.62 bits per heavy atom. The van der Waals surface area contributed by atoms with Crippen LogP contribution in [-0.2, 0) is 9.47 Å². The molecule has 1 saturated heterocycles. The maximum absolute atomic E-state index is 6.08. The first-order valence-electron chi connectivity index (χ1n) is 6.61. The number of ether oxygens (including phenoxy) is 2. The van der Waals surface area contributed by atoms with Gasteiger partial charge in [0, 0.05) is 26.2 Å². The van der Waals surface area contributed by atoms with E-state index in [1.54, 1.807) is 7.11 Å². The molecule has 1 saturated carbocycles. The minimum Gasteiger partial charge on any atom is -0.381 e. The van der Waals surface area contributed by atoms with Gasteiger partial charge < -0.3 is 14.4 Å². The molecule has 0 atom stereocenters. The summed E-state index contributed by atoms with van der Waals surface area (Å²) in [6, 6.07) is 0.683. The van der Waals surface area contributed by atoms with Crippen molar-refractivity contribution < 1.29 is 9.47 Å². The first kappa shape index (κ1) is 12.3. The van der Waals surface area contributed by atoms with Gasteiger partial charge in [0.2, 0.25) is 0 Å². The zero-order valence-corrected chi connectivity index (χ0v) is 10.8. The summed E-state index contributed by atoms with van der Waals surface area (Å²) in [6.45, 7) is 6.94. The van der Waals surface area contributed by atoms with Crippen LogP contribution in [0.3, 0.4) is 0 Å². The van der Waals surface area contributed by atoms with E-state index in [1.807, 2.05) is 0 Å². The van der Waals surface area contributed by atoms with Gasteiger partial charge in [-0.2, -0.15) is 0 Å². The van der Waals surface area contributed by atoms with Crippen LogP contribution in [0.2, 0.25) is 0 Å². The maximum atomic E-state index is 6.08. The highest BCUT2D eigenvalue weighted by Gasteiger charge is 2.32. The van der Waals surface area contributed by atoms with Gasteiger partial charge in [-0.25, -0.2) is 0 Å². The SMILES string of the molecule is COC1CC(OC2CCN(C(C)C)CC2)C1. The van der Waals surface area contributed by atoms with E-state index < -0.39 is 0 Å². The highest BCUT2D eigenvalue weighted by atomic mass is 16.5. The third-order valence-electron chi connectivity index (χ3n) is 3.98. The number of rotatable bonds is 4. The Kier molecular flexibility index (Phi) is 4.22. The summed E-state index contributed by atoms with van der Waals surface area (Å²) in [4.78, 5) is 2.54. The monoisotopic (exact) mass is 227 g/mol. The summed E-state index contributed by atoms with van der Waals surface area (Å²) in [5, 5.41) is 0. The van der Waals surface area contributed by atoms with Crippen molar-refractivity contribution >= 4 is 0 Å². The first-order chi connectivity index (χ1) is 7.69. The Morgan fingerprint density at radius 1 is 1.00 bits per heavy atom. The normalized spacial score (nSPS) is 33.0. The molecule has 0 aromatic heterocycles. The Labute approximate surface area is 99.1 Å². The fourth-order valence-corrected chi connectivity index (χ4v) is 2.62. The molecular weight excluding hydrogens is 202 g/mol. The highest BCUT2D eigenvalue weighted by Crippen LogP contribution is 2.29. The number of piperidine rings is 1. The average molecular weight is 227 g/mol. The smallest absolute Gasteiger partial charge is 0.0628 e. The molecule has 0 aromatic rings. The molecule has 1 aliphatic carbocycles. The molecule has 16 heavy (non-hydrogen) atoms. The van der Waals surface area contributed by atoms with Crippen molar-refractivity contribution in [1.29, 1.82) is 0 Å². The third kappa shape index (κ3) is 2.96. The Hall–Kier alpha value is -0.120. The standard InChI is InChI=1S/C13H25NO2/c1-10(2)14-6-4-11(5-7-14)16-13-8-12(9-13)15-3/h10-13H,4-9H2,1-3H3. The first-order valence-corrected chi connectivity index (χ1v) is 6.61. The minimum absolute atomic E-state index is 0.459. The van der Waals surface area contributed by atoms with E-state index in [0.29, 0.717) is 24.4 Å². The van der Waals surface area contributed by atoms with Crippen LogP contribution in [0, 0.1) is 0 Å². The topological polar surface area (TPSA) is 21.7 Å². The lowest BCUT2D eigenvalue weighted by molar-refractivity contribution is -0.127. The van der Waals surface area contributed by atoms with E-state index in [-0.39, 0.29) is 0 Å². The van der Waals surface area contributed by atoms with Crippen LogP contribution in [-0.4, -0.2) is 49.5 Å². The van der Waals surface area contributed by atoms with Crippen LogP contribution >= 0.6 is 0 Å². The number of likely N-dealkylation sites (tertiary alicyclic amines) is 1. The minimum atomic E-state index is 0.459. The molecule has 3 heteroatoms. The quantitative estimate of drug-likeness (QED) is 0.734. The van der Waals surface area contributed by atoms with E-state index >= 15 is 0 Å². The molecule has 1 aliphatic heterocycles. The molecule has 0 aromatic carbocycles. The predicted molar refractivity (Wildman–Crippen MR) is 64.6 cm³/mol. The molecule has 2 aliphatic rings. The van der Waals surface area contributed by atoms with Crippen molar-refractivity contribution in [3.8, 4) is 0 Å². The van der Waals surface area contributed by atoms with Gasteiger partial charge in [0.1, 0.15) is 0 Å². The molecule has 2 fully saturated rings. The maximum Gasteiger partial charge on any atom is 0.0628 e. The van der Waals surface area contributed by atoms with Crippen LogP contribution < -0.4 is 0 Å². The largest absolute Gasteiger partial charge is 0.381 e. The van der Waals surface area contributed by atoms with Gasteiger partial charge in [-0.15, -0.1) is 0 Å². The summed E-state index contributed by atoms with van der Waals surface area (Å²) in [7, 11) is 1.79. The van der Waals surface area contributed by atoms with Crippen molar-refractivity contribution in [3.63, 3.8) is 0 Å². The Bertz CT molecular complexity index is 206. The third-order valence-corrected chi connectivity index (χ3v) is 3.98. The molecule has 0 spiro atoms. The predicted octanol–water partition coefficient (Wildman–Crippen LogP) is 2.05. The molecule has 0 N–H and O–H groups in total. The van der Waals surface area contributed by atoms with Gasteiger partial charge in [-0.1, -0.05) is 0 Å². The lowest BCUT2D eigenvalue weighted by Gasteiger charge is -2.40. The molecule has 94 valence electrons. The summed E-state index contributed by atoms with van der Waals surface area (Å²) in [6.07, 6.45) is 6.03. The van der Waals surface area contributed by atoms with Crippen molar-refractivity contribution in [1.82, 2.24) is 4.90 Å². The Morgan fingerprint density at radius 3 is 2.12 bits per heavy atom.